The Morgan fingerprint density at radius 3 is 2.78 bits per heavy atom. The maximum absolute atomic E-state index is 11.8. The van der Waals surface area contributed by atoms with Crippen molar-refractivity contribution in [3.05, 3.63) is 35.9 Å². The van der Waals surface area contributed by atoms with Crippen LogP contribution >= 0.6 is 0 Å². The highest BCUT2D eigenvalue weighted by atomic mass is 16.2. The highest BCUT2D eigenvalue weighted by Gasteiger charge is 2.24. The zero-order chi connectivity index (χ0) is 13.0. The molecule has 5 nitrogen and oxygen atoms in total. The van der Waals surface area contributed by atoms with Crippen LogP contribution in [0.5, 0.6) is 0 Å². The first-order valence-electron chi connectivity index (χ1n) is 6.02. The van der Waals surface area contributed by atoms with E-state index in [-0.39, 0.29) is 17.9 Å². The standard InChI is InChI=1S/C13H17N3O2/c14-11(6-9-4-2-1-3-5-9)13(18)16-10-7-12(17)15-8-10/h1-5,10-11H,6-8,14H2,(H,15,17)(H,16,18). The van der Waals surface area contributed by atoms with E-state index in [0.717, 1.165) is 5.56 Å². The van der Waals surface area contributed by atoms with Crippen molar-refractivity contribution in [3.63, 3.8) is 0 Å². The number of nitrogens with two attached hydrogens (primary N) is 1. The average Bonchev–Trinajstić information content (AvgIpc) is 2.76. The topological polar surface area (TPSA) is 84.2 Å². The van der Waals surface area contributed by atoms with Gasteiger partial charge in [0, 0.05) is 13.0 Å². The molecular weight excluding hydrogens is 230 g/mol. The zero-order valence-electron chi connectivity index (χ0n) is 10.1. The molecule has 0 spiro atoms. The Labute approximate surface area is 106 Å². The molecule has 0 bridgehead atoms. The second kappa shape index (κ2) is 5.64. The molecule has 5 heteroatoms. The maximum Gasteiger partial charge on any atom is 0.237 e. The fourth-order valence-electron chi connectivity index (χ4n) is 1.98. The number of amides is 2. The van der Waals surface area contributed by atoms with Gasteiger partial charge in [-0.25, -0.2) is 0 Å². The van der Waals surface area contributed by atoms with Crippen LogP contribution in [0.15, 0.2) is 30.3 Å². The van der Waals surface area contributed by atoms with E-state index in [4.69, 9.17) is 5.73 Å². The summed E-state index contributed by atoms with van der Waals surface area (Å²) in [5.41, 5.74) is 6.87. The van der Waals surface area contributed by atoms with Crippen LogP contribution in [0.3, 0.4) is 0 Å². The molecule has 1 aromatic carbocycles. The molecule has 1 aliphatic heterocycles. The Hall–Kier alpha value is -1.88. The molecule has 1 aromatic rings. The van der Waals surface area contributed by atoms with Crippen LogP contribution in [0.4, 0.5) is 0 Å². The molecule has 2 atom stereocenters. The van der Waals surface area contributed by atoms with Crippen molar-refractivity contribution in [2.75, 3.05) is 6.54 Å². The molecule has 1 saturated heterocycles. The molecule has 0 radical (unpaired) electrons. The van der Waals surface area contributed by atoms with Gasteiger partial charge in [-0.2, -0.15) is 0 Å². The monoisotopic (exact) mass is 247 g/mol. The fourth-order valence-corrected chi connectivity index (χ4v) is 1.98. The molecule has 1 fully saturated rings. The normalized spacial score (nSPS) is 20.3. The van der Waals surface area contributed by atoms with Crippen LogP contribution in [-0.2, 0) is 16.0 Å². The average molecular weight is 247 g/mol. The molecule has 0 saturated carbocycles. The molecule has 96 valence electrons. The first kappa shape index (κ1) is 12.6. The Morgan fingerprint density at radius 2 is 2.17 bits per heavy atom. The molecule has 0 aromatic heterocycles. The number of carbonyl (C=O) groups is 2. The summed E-state index contributed by atoms with van der Waals surface area (Å²) < 4.78 is 0. The van der Waals surface area contributed by atoms with Crippen LogP contribution < -0.4 is 16.4 Å². The van der Waals surface area contributed by atoms with Gasteiger partial charge in [-0.3, -0.25) is 9.59 Å². The molecule has 0 aliphatic carbocycles. The summed E-state index contributed by atoms with van der Waals surface area (Å²) in [7, 11) is 0. The number of benzene rings is 1. The summed E-state index contributed by atoms with van der Waals surface area (Å²) in [6, 6.07) is 8.92. The number of hydrogen-bond acceptors (Lipinski definition) is 3. The lowest BCUT2D eigenvalue weighted by molar-refractivity contribution is -0.123. The van der Waals surface area contributed by atoms with Gasteiger partial charge in [0.2, 0.25) is 11.8 Å². The predicted octanol–water partition coefficient (Wildman–Crippen LogP) is -0.439. The summed E-state index contributed by atoms with van der Waals surface area (Å²) in [6.07, 6.45) is 0.838. The molecule has 18 heavy (non-hydrogen) atoms. The SMILES string of the molecule is NC(Cc1ccccc1)C(=O)NC1CNC(=O)C1. The lowest BCUT2D eigenvalue weighted by Crippen LogP contribution is -2.47. The number of hydrogen-bond donors (Lipinski definition) is 3. The predicted molar refractivity (Wildman–Crippen MR) is 67.7 cm³/mol. The minimum atomic E-state index is -0.580. The van der Waals surface area contributed by atoms with E-state index in [1.165, 1.54) is 0 Å². The molecule has 1 heterocycles. The summed E-state index contributed by atoms with van der Waals surface area (Å²) in [5, 5.41) is 5.45. The van der Waals surface area contributed by atoms with Crippen molar-refractivity contribution >= 4 is 11.8 Å². The maximum atomic E-state index is 11.8. The minimum Gasteiger partial charge on any atom is -0.354 e. The van der Waals surface area contributed by atoms with Gasteiger partial charge in [-0.15, -0.1) is 0 Å². The molecule has 2 rings (SSSR count). The Balaban J connectivity index is 1.83. The van der Waals surface area contributed by atoms with Crippen LogP contribution in [0.1, 0.15) is 12.0 Å². The van der Waals surface area contributed by atoms with E-state index < -0.39 is 6.04 Å². The van der Waals surface area contributed by atoms with Gasteiger partial charge >= 0.3 is 0 Å². The Bertz CT molecular complexity index is 433. The third-order valence-electron chi connectivity index (χ3n) is 2.96. The van der Waals surface area contributed by atoms with E-state index in [0.29, 0.717) is 19.4 Å². The molecule has 2 amide bonds. The number of carbonyl (C=O) groups excluding carboxylic acids is 2. The van der Waals surface area contributed by atoms with E-state index in [1.807, 2.05) is 30.3 Å². The van der Waals surface area contributed by atoms with Crippen LogP contribution in [0.2, 0.25) is 0 Å². The number of nitrogens with one attached hydrogen (secondary N) is 2. The third kappa shape index (κ3) is 3.30. The second-order valence-corrected chi connectivity index (χ2v) is 4.51. The number of rotatable bonds is 4. The molecule has 1 aliphatic rings. The van der Waals surface area contributed by atoms with E-state index in [1.54, 1.807) is 0 Å². The summed E-state index contributed by atoms with van der Waals surface area (Å²) in [6.45, 7) is 0.489. The van der Waals surface area contributed by atoms with Gasteiger partial charge in [-0.1, -0.05) is 30.3 Å². The highest BCUT2D eigenvalue weighted by Crippen LogP contribution is 2.04. The van der Waals surface area contributed by atoms with Crippen molar-refractivity contribution in [1.82, 2.24) is 10.6 Å². The summed E-state index contributed by atoms with van der Waals surface area (Å²) >= 11 is 0. The van der Waals surface area contributed by atoms with Gasteiger partial charge in [0.1, 0.15) is 0 Å². The summed E-state index contributed by atoms with van der Waals surface area (Å²) in [4.78, 5) is 22.8. The van der Waals surface area contributed by atoms with E-state index >= 15 is 0 Å². The van der Waals surface area contributed by atoms with E-state index in [9.17, 15) is 9.59 Å². The van der Waals surface area contributed by atoms with Gasteiger partial charge in [0.15, 0.2) is 0 Å². The lowest BCUT2D eigenvalue weighted by atomic mass is 10.1. The third-order valence-corrected chi connectivity index (χ3v) is 2.96. The summed E-state index contributed by atoms with van der Waals surface area (Å²) in [5.74, 6) is -0.239. The van der Waals surface area contributed by atoms with Gasteiger partial charge in [0.05, 0.1) is 12.1 Å². The van der Waals surface area contributed by atoms with Crippen LogP contribution in [0, 0.1) is 0 Å². The molecule has 4 N–H and O–H groups in total. The van der Waals surface area contributed by atoms with Crippen molar-refractivity contribution < 1.29 is 9.59 Å². The first-order valence-corrected chi connectivity index (χ1v) is 6.02. The molecule has 2 unspecified atom stereocenters. The van der Waals surface area contributed by atoms with Crippen LogP contribution in [0.25, 0.3) is 0 Å². The van der Waals surface area contributed by atoms with Crippen molar-refractivity contribution in [3.8, 4) is 0 Å². The van der Waals surface area contributed by atoms with Gasteiger partial charge < -0.3 is 16.4 Å². The van der Waals surface area contributed by atoms with Gasteiger partial charge in [-0.05, 0) is 12.0 Å². The second-order valence-electron chi connectivity index (χ2n) is 4.51. The van der Waals surface area contributed by atoms with Crippen LogP contribution in [-0.4, -0.2) is 30.4 Å². The highest BCUT2D eigenvalue weighted by molar-refractivity contribution is 5.84. The van der Waals surface area contributed by atoms with Crippen molar-refractivity contribution in [2.45, 2.75) is 24.9 Å². The molecular formula is C13H17N3O2. The Kier molecular flexibility index (Phi) is 3.94. The van der Waals surface area contributed by atoms with E-state index in [2.05, 4.69) is 10.6 Å². The first-order chi connectivity index (χ1) is 8.65. The minimum absolute atomic E-state index is 0.0306. The van der Waals surface area contributed by atoms with Crippen molar-refractivity contribution in [2.24, 2.45) is 5.73 Å². The van der Waals surface area contributed by atoms with Gasteiger partial charge in [0.25, 0.3) is 0 Å². The van der Waals surface area contributed by atoms with Crippen molar-refractivity contribution in [1.29, 1.82) is 0 Å². The quantitative estimate of drug-likeness (QED) is 0.674. The smallest absolute Gasteiger partial charge is 0.237 e. The lowest BCUT2D eigenvalue weighted by Gasteiger charge is -2.15. The fraction of sp³-hybridized carbons (Fsp3) is 0.385. The Morgan fingerprint density at radius 1 is 1.44 bits per heavy atom. The zero-order valence-corrected chi connectivity index (χ0v) is 10.1. The largest absolute Gasteiger partial charge is 0.354 e.